The third-order valence-electron chi connectivity index (χ3n) is 8.35. The van der Waals surface area contributed by atoms with Gasteiger partial charge in [0.1, 0.15) is 0 Å². The Morgan fingerprint density at radius 2 is 1.21 bits per heavy atom. The van der Waals surface area contributed by atoms with Gasteiger partial charge in [-0.3, -0.25) is 14.4 Å². The SMILES string of the molecule is Cc1c(Cl)cccc1NC(=O)c1ccccc1N1C(=O)[C@@H]2C3c4ccccc4C(c4ccccc43)[C@H]2C1=O. The van der Waals surface area contributed by atoms with Crippen molar-refractivity contribution in [3.63, 3.8) is 0 Å². The molecule has 2 bridgehead atoms. The molecule has 2 atom stereocenters. The van der Waals surface area contributed by atoms with E-state index >= 15 is 0 Å². The van der Waals surface area contributed by atoms with Gasteiger partial charge in [-0.25, -0.2) is 4.90 Å². The van der Waals surface area contributed by atoms with Crippen LogP contribution in [0.1, 0.15) is 50.0 Å². The highest BCUT2D eigenvalue weighted by Gasteiger charge is 2.62. The number of carbonyl (C=O) groups is 3. The van der Waals surface area contributed by atoms with Gasteiger partial charge in [-0.2, -0.15) is 0 Å². The maximum absolute atomic E-state index is 14.1. The molecule has 38 heavy (non-hydrogen) atoms. The van der Waals surface area contributed by atoms with Gasteiger partial charge in [-0.05, 0) is 59.0 Å². The van der Waals surface area contributed by atoms with Gasteiger partial charge in [0.05, 0.1) is 23.1 Å². The lowest BCUT2D eigenvalue weighted by atomic mass is 9.55. The normalized spacial score (nSPS) is 22.6. The number of benzene rings is 4. The first kappa shape index (κ1) is 22.9. The number of anilines is 2. The number of hydrogen-bond donors (Lipinski definition) is 1. The summed E-state index contributed by atoms with van der Waals surface area (Å²) < 4.78 is 0. The summed E-state index contributed by atoms with van der Waals surface area (Å²) in [5, 5.41) is 3.45. The van der Waals surface area contributed by atoms with E-state index in [1.807, 2.05) is 31.2 Å². The number of amides is 3. The number of nitrogens with zero attached hydrogens (tertiary/aromatic N) is 1. The Kier molecular flexibility index (Phi) is 5.07. The lowest BCUT2D eigenvalue weighted by molar-refractivity contribution is -0.122. The minimum Gasteiger partial charge on any atom is -0.322 e. The quantitative estimate of drug-likeness (QED) is 0.324. The molecule has 1 saturated heterocycles. The van der Waals surface area contributed by atoms with Crippen LogP contribution in [0.5, 0.6) is 0 Å². The fraction of sp³-hybridized carbons (Fsp3) is 0.156. The molecule has 0 radical (unpaired) electrons. The van der Waals surface area contributed by atoms with E-state index in [2.05, 4.69) is 29.6 Å². The number of halogens is 1. The third-order valence-corrected chi connectivity index (χ3v) is 8.76. The molecule has 1 N–H and O–H groups in total. The molecule has 3 amide bonds. The molecule has 4 aromatic carbocycles. The zero-order chi connectivity index (χ0) is 26.1. The molecule has 0 aromatic heterocycles. The number of rotatable bonds is 3. The predicted octanol–water partition coefficient (Wildman–Crippen LogP) is 6.30. The molecule has 5 nitrogen and oxygen atoms in total. The van der Waals surface area contributed by atoms with E-state index in [9.17, 15) is 14.4 Å². The van der Waals surface area contributed by atoms with Crippen molar-refractivity contribution in [1.82, 2.24) is 0 Å². The van der Waals surface area contributed by atoms with Crippen LogP contribution in [-0.4, -0.2) is 17.7 Å². The molecule has 6 heteroatoms. The highest BCUT2D eigenvalue weighted by Crippen LogP contribution is 2.61. The maximum atomic E-state index is 14.1. The standard InChI is InChI=1S/C32H23ClN2O3/c1-17-23(33)14-8-15-24(17)34-30(36)22-13-6-7-16-25(22)35-31(37)28-26-18-9-2-3-10-19(18)27(29(28)32(35)38)21-12-5-4-11-20(21)26/h2-16,26-29H,1H3,(H,34,36)/t26?,27?,28-,29-/m1/s1. The van der Waals surface area contributed by atoms with Crippen molar-refractivity contribution >= 4 is 40.7 Å². The van der Waals surface area contributed by atoms with Crippen LogP contribution in [0.25, 0.3) is 0 Å². The van der Waals surface area contributed by atoms with Gasteiger partial charge in [0.15, 0.2) is 0 Å². The second-order valence-electron chi connectivity index (χ2n) is 10.2. The zero-order valence-electron chi connectivity index (χ0n) is 20.5. The first-order chi connectivity index (χ1) is 18.5. The molecule has 1 aliphatic heterocycles. The summed E-state index contributed by atoms with van der Waals surface area (Å²) in [4.78, 5) is 43.0. The van der Waals surface area contributed by atoms with Crippen LogP contribution in [-0.2, 0) is 9.59 Å². The molecule has 8 rings (SSSR count). The lowest BCUT2D eigenvalue weighted by Gasteiger charge is -2.45. The Bertz CT molecular complexity index is 1560. The Hall–Kier alpha value is -4.22. The molecule has 1 fully saturated rings. The second-order valence-corrected chi connectivity index (χ2v) is 10.6. The minimum atomic E-state index is -0.511. The van der Waals surface area contributed by atoms with Crippen molar-refractivity contribution in [2.24, 2.45) is 11.8 Å². The minimum absolute atomic E-state index is 0.200. The Morgan fingerprint density at radius 3 is 1.76 bits per heavy atom. The monoisotopic (exact) mass is 518 g/mol. The summed E-state index contributed by atoms with van der Waals surface area (Å²) >= 11 is 6.25. The number of para-hydroxylation sites is 1. The molecule has 186 valence electrons. The van der Waals surface area contributed by atoms with Crippen molar-refractivity contribution in [2.75, 3.05) is 10.2 Å². The molecular weight excluding hydrogens is 496 g/mol. The molecule has 0 spiro atoms. The van der Waals surface area contributed by atoms with Crippen LogP contribution >= 0.6 is 11.6 Å². The van der Waals surface area contributed by atoms with Crippen LogP contribution in [0, 0.1) is 18.8 Å². The Morgan fingerprint density at radius 1 is 0.711 bits per heavy atom. The highest BCUT2D eigenvalue weighted by atomic mass is 35.5. The first-order valence-electron chi connectivity index (χ1n) is 12.7. The van der Waals surface area contributed by atoms with Crippen molar-refractivity contribution in [1.29, 1.82) is 0 Å². The van der Waals surface area contributed by atoms with E-state index in [4.69, 9.17) is 11.6 Å². The number of nitrogens with one attached hydrogen (secondary N) is 1. The van der Waals surface area contributed by atoms with E-state index in [0.717, 1.165) is 27.8 Å². The fourth-order valence-corrected chi connectivity index (χ4v) is 6.88. The summed E-state index contributed by atoms with van der Waals surface area (Å²) in [7, 11) is 0. The second kappa shape index (κ2) is 8.40. The smallest absolute Gasteiger partial charge is 0.257 e. The first-order valence-corrected chi connectivity index (χ1v) is 13.1. The summed E-state index contributed by atoms with van der Waals surface area (Å²) in [6, 6.07) is 28.4. The van der Waals surface area contributed by atoms with Crippen molar-refractivity contribution in [2.45, 2.75) is 18.8 Å². The van der Waals surface area contributed by atoms with Gasteiger partial charge in [-0.1, -0.05) is 78.3 Å². The topological polar surface area (TPSA) is 66.5 Å². The van der Waals surface area contributed by atoms with E-state index < -0.39 is 17.7 Å². The van der Waals surface area contributed by atoms with Crippen LogP contribution in [0.4, 0.5) is 11.4 Å². The van der Waals surface area contributed by atoms with E-state index in [1.165, 1.54) is 4.90 Å². The zero-order valence-corrected chi connectivity index (χ0v) is 21.3. The van der Waals surface area contributed by atoms with Gasteiger partial charge in [0.2, 0.25) is 11.8 Å². The van der Waals surface area contributed by atoms with Crippen molar-refractivity contribution in [3.05, 3.63) is 129 Å². The number of imide groups is 1. The summed E-state index contributed by atoms with van der Waals surface area (Å²) in [5.74, 6) is -2.33. The van der Waals surface area contributed by atoms with Gasteiger partial charge in [-0.15, -0.1) is 0 Å². The number of hydrogen-bond acceptors (Lipinski definition) is 3. The molecule has 1 heterocycles. The van der Waals surface area contributed by atoms with E-state index in [0.29, 0.717) is 16.4 Å². The van der Waals surface area contributed by atoms with E-state index in [-0.39, 0.29) is 29.2 Å². The maximum Gasteiger partial charge on any atom is 0.257 e. The lowest BCUT2D eigenvalue weighted by Crippen LogP contribution is -2.41. The highest BCUT2D eigenvalue weighted by molar-refractivity contribution is 6.32. The molecule has 0 unspecified atom stereocenters. The average Bonchev–Trinajstić information content (AvgIpc) is 3.21. The molecule has 3 aliphatic carbocycles. The third kappa shape index (κ3) is 3.09. The predicted molar refractivity (Wildman–Crippen MR) is 147 cm³/mol. The van der Waals surface area contributed by atoms with Gasteiger partial charge in [0, 0.05) is 22.5 Å². The van der Waals surface area contributed by atoms with Crippen LogP contribution in [0.2, 0.25) is 5.02 Å². The largest absolute Gasteiger partial charge is 0.322 e. The Balaban J connectivity index is 1.32. The molecule has 0 saturated carbocycles. The van der Waals surface area contributed by atoms with Gasteiger partial charge < -0.3 is 5.32 Å². The fourth-order valence-electron chi connectivity index (χ4n) is 6.71. The van der Waals surface area contributed by atoms with Crippen molar-refractivity contribution < 1.29 is 14.4 Å². The molecule has 4 aliphatic rings. The summed E-state index contributed by atoms with van der Waals surface area (Å²) in [6.45, 7) is 1.83. The van der Waals surface area contributed by atoms with Gasteiger partial charge >= 0.3 is 0 Å². The summed E-state index contributed by atoms with van der Waals surface area (Å²) in [5.41, 5.74) is 6.34. The Labute approximate surface area is 225 Å². The van der Waals surface area contributed by atoms with Crippen molar-refractivity contribution in [3.8, 4) is 0 Å². The summed E-state index contributed by atoms with van der Waals surface area (Å²) in [6.07, 6.45) is 0. The van der Waals surface area contributed by atoms with Crippen LogP contribution < -0.4 is 10.2 Å². The molecular formula is C32H23ClN2O3. The van der Waals surface area contributed by atoms with Crippen LogP contribution in [0.3, 0.4) is 0 Å². The average molecular weight is 519 g/mol. The number of carbonyl (C=O) groups excluding carboxylic acids is 3. The van der Waals surface area contributed by atoms with Gasteiger partial charge in [0.25, 0.3) is 5.91 Å². The van der Waals surface area contributed by atoms with Crippen LogP contribution in [0.15, 0.2) is 91.0 Å². The molecule has 4 aromatic rings. The van der Waals surface area contributed by atoms with E-state index in [1.54, 1.807) is 42.5 Å².